The fraction of sp³-hybridized carbons (Fsp3) is 0.556. The van der Waals surface area contributed by atoms with Crippen molar-refractivity contribution in [2.45, 2.75) is 12.4 Å². The fourth-order valence-corrected chi connectivity index (χ4v) is 1.18. The third kappa shape index (κ3) is 6.44. The summed E-state index contributed by atoms with van der Waals surface area (Å²) in [5.74, 6) is 2.99. The summed E-state index contributed by atoms with van der Waals surface area (Å²) in [4.78, 5) is 6.29. The van der Waals surface area contributed by atoms with E-state index in [0.29, 0.717) is 0 Å². The zero-order chi connectivity index (χ0) is 16.1. The van der Waals surface area contributed by atoms with Gasteiger partial charge in [-0.05, 0) is 0 Å². The lowest BCUT2D eigenvalue weighted by Crippen LogP contribution is -2.21. The topological polar surface area (TPSA) is 85.1 Å². The van der Waals surface area contributed by atoms with Gasteiger partial charge in [-0.15, -0.1) is 0 Å². The molecule has 0 saturated carbocycles. The van der Waals surface area contributed by atoms with E-state index in [4.69, 9.17) is 5.84 Å². The van der Waals surface area contributed by atoms with Crippen molar-refractivity contribution in [3.8, 4) is 0 Å². The highest BCUT2D eigenvalue weighted by Crippen LogP contribution is 2.28. The fourth-order valence-electron chi connectivity index (χ4n) is 1.18. The van der Waals surface area contributed by atoms with Crippen LogP contribution in [0.25, 0.3) is 0 Å². The number of nitrogens with two attached hydrogens (primary N) is 1. The first-order chi connectivity index (χ1) is 9.62. The van der Waals surface area contributed by atoms with E-state index in [-0.39, 0.29) is 24.8 Å². The summed E-state index contributed by atoms with van der Waals surface area (Å²) in [6.45, 7) is -1.98. The second-order valence-corrected chi connectivity index (χ2v) is 3.70. The van der Waals surface area contributed by atoms with Crippen LogP contribution in [0.2, 0.25) is 0 Å². The van der Waals surface area contributed by atoms with Gasteiger partial charge in [-0.3, -0.25) is 0 Å². The molecule has 0 unspecified atom stereocenters. The first-order valence-electron chi connectivity index (χ1n) is 5.43. The quantitative estimate of drug-likeness (QED) is 0.321. The number of anilines is 2. The van der Waals surface area contributed by atoms with Crippen molar-refractivity contribution in [2.75, 3.05) is 30.5 Å². The normalized spacial score (nSPS) is 12.3. The van der Waals surface area contributed by atoms with Gasteiger partial charge in [0.05, 0.1) is 6.61 Å². The molecule has 1 heterocycles. The third-order valence-electron chi connectivity index (χ3n) is 1.95. The number of nitrogens with zero attached hydrogens (tertiary/aromatic N) is 2. The zero-order valence-corrected chi connectivity index (χ0v) is 10.3. The second-order valence-electron chi connectivity index (χ2n) is 3.70. The zero-order valence-electron chi connectivity index (χ0n) is 10.3. The van der Waals surface area contributed by atoms with E-state index in [2.05, 4.69) is 20.0 Å². The SMILES string of the molecule is NNc1cc(NCCOCC(F)(F)F)nc(C(F)(F)F)n1. The Balaban J connectivity index is 2.59. The minimum Gasteiger partial charge on any atom is -0.370 e. The van der Waals surface area contributed by atoms with Crippen LogP contribution in [0.15, 0.2) is 6.07 Å². The number of hydrazine groups is 1. The maximum absolute atomic E-state index is 12.5. The average molecular weight is 319 g/mol. The van der Waals surface area contributed by atoms with Crippen LogP contribution in [-0.2, 0) is 10.9 Å². The van der Waals surface area contributed by atoms with E-state index in [9.17, 15) is 26.3 Å². The van der Waals surface area contributed by atoms with Crippen LogP contribution in [0.1, 0.15) is 5.82 Å². The molecule has 0 radical (unpaired) electrons. The van der Waals surface area contributed by atoms with Crippen LogP contribution in [0.4, 0.5) is 38.0 Å². The Bertz CT molecular complexity index is 463. The second kappa shape index (κ2) is 6.76. The van der Waals surface area contributed by atoms with Gasteiger partial charge < -0.3 is 15.5 Å². The number of halogens is 6. The number of alkyl halides is 6. The summed E-state index contributed by atoms with van der Waals surface area (Å²) >= 11 is 0. The number of nitrogens with one attached hydrogen (secondary N) is 2. The van der Waals surface area contributed by atoms with E-state index in [1.54, 1.807) is 0 Å². The van der Waals surface area contributed by atoms with Gasteiger partial charge in [0.2, 0.25) is 5.82 Å². The van der Waals surface area contributed by atoms with Crippen LogP contribution in [0.5, 0.6) is 0 Å². The third-order valence-corrected chi connectivity index (χ3v) is 1.95. The Kier molecular flexibility index (Phi) is 5.54. The molecule has 0 saturated heterocycles. The molecule has 1 aromatic rings. The van der Waals surface area contributed by atoms with Crippen LogP contribution in [0.3, 0.4) is 0 Å². The molecular formula is C9H11F6N5O. The van der Waals surface area contributed by atoms with Crippen molar-refractivity contribution in [2.24, 2.45) is 5.84 Å². The van der Waals surface area contributed by atoms with Crippen LogP contribution >= 0.6 is 0 Å². The van der Waals surface area contributed by atoms with E-state index < -0.39 is 24.8 Å². The Labute approximate surface area is 114 Å². The van der Waals surface area contributed by atoms with Crippen LogP contribution in [0, 0.1) is 0 Å². The first kappa shape index (κ1) is 17.2. The van der Waals surface area contributed by atoms with Gasteiger partial charge in [0.25, 0.3) is 0 Å². The van der Waals surface area contributed by atoms with Crippen LogP contribution < -0.4 is 16.6 Å². The first-order valence-corrected chi connectivity index (χ1v) is 5.43. The Morgan fingerprint density at radius 2 is 1.71 bits per heavy atom. The molecule has 21 heavy (non-hydrogen) atoms. The van der Waals surface area contributed by atoms with Gasteiger partial charge in [-0.25, -0.2) is 15.8 Å². The summed E-state index contributed by atoms with van der Waals surface area (Å²) in [5.41, 5.74) is 1.93. The molecule has 0 aliphatic carbocycles. The predicted octanol–water partition coefficient (Wildman–Crippen LogP) is 1.77. The van der Waals surface area contributed by atoms with Crippen molar-refractivity contribution in [1.29, 1.82) is 0 Å². The maximum Gasteiger partial charge on any atom is 0.451 e. The standard InChI is InChI=1S/C9H11F6N5O/c10-8(11,12)4-21-2-1-17-5-3-6(20-16)19-7(18-5)9(13,14)15/h3H,1-2,4,16H2,(H2,17,18,19,20). The molecule has 12 heteroatoms. The highest BCUT2D eigenvalue weighted by Gasteiger charge is 2.35. The van der Waals surface area contributed by atoms with Gasteiger partial charge in [0.15, 0.2) is 0 Å². The minimum absolute atomic E-state index is 0.172. The van der Waals surface area contributed by atoms with E-state index in [1.165, 1.54) is 0 Å². The lowest BCUT2D eigenvalue weighted by Gasteiger charge is -2.12. The van der Waals surface area contributed by atoms with E-state index >= 15 is 0 Å². The molecule has 0 spiro atoms. The number of ether oxygens (including phenoxy) is 1. The summed E-state index contributed by atoms with van der Waals surface area (Å²) < 4.78 is 77.1. The molecule has 1 aromatic heterocycles. The molecule has 0 fully saturated rings. The summed E-state index contributed by atoms with van der Waals surface area (Å²) in [5, 5.41) is 2.38. The smallest absolute Gasteiger partial charge is 0.370 e. The molecule has 0 bridgehead atoms. The lowest BCUT2D eigenvalue weighted by molar-refractivity contribution is -0.172. The summed E-state index contributed by atoms with van der Waals surface area (Å²) in [6, 6.07) is 1.07. The predicted molar refractivity (Wildman–Crippen MR) is 60.2 cm³/mol. The highest BCUT2D eigenvalue weighted by molar-refractivity contribution is 5.47. The molecule has 0 aliphatic heterocycles. The number of aromatic nitrogens is 2. The molecular weight excluding hydrogens is 308 g/mol. The van der Waals surface area contributed by atoms with Gasteiger partial charge >= 0.3 is 12.4 Å². The molecule has 4 N–H and O–H groups in total. The molecule has 0 amide bonds. The Morgan fingerprint density at radius 3 is 2.24 bits per heavy atom. The average Bonchev–Trinajstić information content (AvgIpc) is 2.35. The molecule has 120 valence electrons. The van der Waals surface area contributed by atoms with E-state index in [1.807, 2.05) is 5.43 Å². The molecule has 0 atom stereocenters. The van der Waals surface area contributed by atoms with Gasteiger partial charge in [-0.1, -0.05) is 0 Å². The molecule has 0 aliphatic rings. The maximum atomic E-state index is 12.5. The van der Waals surface area contributed by atoms with Crippen molar-refractivity contribution >= 4 is 11.6 Å². The van der Waals surface area contributed by atoms with Gasteiger partial charge in [0, 0.05) is 12.6 Å². The number of nitrogen functional groups attached to an aromatic ring is 1. The Morgan fingerprint density at radius 1 is 1.10 bits per heavy atom. The lowest BCUT2D eigenvalue weighted by atomic mass is 10.4. The van der Waals surface area contributed by atoms with Crippen molar-refractivity contribution in [1.82, 2.24) is 9.97 Å². The number of hydrogen-bond donors (Lipinski definition) is 3. The Hall–Kier alpha value is -1.82. The summed E-state index contributed by atoms with van der Waals surface area (Å²) in [7, 11) is 0. The van der Waals surface area contributed by atoms with Crippen molar-refractivity contribution < 1.29 is 31.1 Å². The minimum atomic E-state index is -4.78. The van der Waals surface area contributed by atoms with Gasteiger partial charge in [-0.2, -0.15) is 26.3 Å². The molecule has 0 aromatic carbocycles. The molecule has 1 rings (SSSR count). The highest BCUT2D eigenvalue weighted by atomic mass is 19.4. The van der Waals surface area contributed by atoms with Crippen molar-refractivity contribution in [3.05, 3.63) is 11.9 Å². The number of hydrogen-bond acceptors (Lipinski definition) is 6. The van der Waals surface area contributed by atoms with Crippen molar-refractivity contribution in [3.63, 3.8) is 0 Å². The van der Waals surface area contributed by atoms with Gasteiger partial charge in [0.1, 0.15) is 18.2 Å². The summed E-state index contributed by atoms with van der Waals surface area (Å²) in [6.07, 6.45) is -9.24. The van der Waals surface area contributed by atoms with E-state index in [0.717, 1.165) is 6.07 Å². The largest absolute Gasteiger partial charge is 0.451 e. The molecule has 6 nitrogen and oxygen atoms in total. The van der Waals surface area contributed by atoms with Crippen LogP contribution in [-0.4, -0.2) is 35.9 Å². The monoisotopic (exact) mass is 319 g/mol. The number of rotatable bonds is 6.